The lowest BCUT2D eigenvalue weighted by Gasteiger charge is -2.36. The Labute approximate surface area is 212 Å². The molecule has 3 aliphatic heterocycles. The Morgan fingerprint density at radius 3 is 2.11 bits per heavy atom. The summed E-state index contributed by atoms with van der Waals surface area (Å²) in [6.45, 7) is 9.57. The van der Waals surface area contributed by atoms with Crippen LogP contribution in [-0.4, -0.2) is 99.4 Å². The molecule has 5 rings (SSSR count). The highest BCUT2D eigenvalue weighted by Gasteiger charge is 2.30. The van der Waals surface area contributed by atoms with Crippen molar-refractivity contribution in [1.82, 2.24) is 19.4 Å². The topological polar surface area (TPSA) is 82.1 Å². The van der Waals surface area contributed by atoms with Gasteiger partial charge in [-0.1, -0.05) is 17.7 Å². The van der Waals surface area contributed by atoms with Crippen LogP contribution in [0.1, 0.15) is 18.4 Å². The zero-order valence-electron chi connectivity index (χ0n) is 20.1. The van der Waals surface area contributed by atoms with Crippen LogP contribution in [0.2, 0.25) is 5.02 Å². The predicted molar refractivity (Wildman–Crippen MR) is 137 cm³/mol. The number of benzene rings is 1. The van der Waals surface area contributed by atoms with Crippen LogP contribution in [0.3, 0.4) is 0 Å². The molecular weight excluding hydrogens is 488 g/mol. The number of rotatable bonds is 6. The minimum Gasteiger partial charge on any atom is -0.377 e. The summed E-state index contributed by atoms with van der Waals surface area (Å²) in [5, 5.41) is 9.41. The Hall–Kier alpha value is -1.98. The van der Waals surface area contributed by atoms with E-state index in [1.165, 1.54) is 23.2 Å². The molecule has 0 N–H and O–H groups in total. The van der Waals surface area contributed by atoms with Gasteiger partial charge in [0.1, 0.15) is 0 Å². The number of aryl methyl sites for hydroxylation is 1. The van der Waals surface area contributed by atoms with Crippen molar-refractivity contribution in [3.63, 3.8) is 0 Å². The fourth-order valence-corrected chi connectivity index (χ4v) is 6.63. The number of hydrogen-bond acceptors (Lipinski definition) is 8. The summed E-state index contributed by atoms with van der Waals surface area (Å²) in [6, 6.07) is 8.91. The van der Waals surface area contributed by atoms with E-state index >= 15 is 0 Å². The number of ether oxygens (including phenoxy) is 1. The average molecular weight is 521 g/mol. The summed E-state index contributed by atoms with van der Waals surface area (Å²) < 4.78 is 33.4. The molecule has 0 saturated carbocycles. The van der Waals surface area contributed by atoms with Gasteiger partial charge in [0.2, 0.25) is 10.0 Å². The third-order valence-electron chi connectivity index (χ3n) is 7.16. The third-order valence-corrected chi connectivity index (χ3v) is 9.46. The second kappa shape index (κ2) is 10.6. The van der Waals surface area contributed by atoms with E-state index in [4.69, 9.17) is 16.3 Å². The summed E-state index contributed by atoms with van der Waals surface area (Å²) >= 11 is 6.15. The van der Waals surface area contributed by atoms with Crippen LogP contribution in [0.5, 0.6) is 0 Å². The molecule has 3 aliphatic rings. The van der Waals surface area contributed by atoms with E-state index in [1.54, 1.807) is 12.1 Å². The first-order chi connectivity index (χ1) is 16.9. The van der Waals surface area contributed by atoms with Crippen molar-refractivity contribution >= 4 is 33.3 Å². The van der Waals surface area contributed by atoms with Crippen molar-refractivity contribution in [3.8, 4) is 0 Å². The largest absolute Gasteiger partial charge is 0.377 e. The van der Waals surface area contributed by atoms with Crippen molar-refractivity contribution in [2.45, 2.75) is 30.8 Å². The molecule has 1 atom stereocenters. The third kappa shape index (κ3) is 5.56. The van der Waals surface area contributed by atoms with Crippen molar-refractivity contribution in [2.75, 3.05) is 75.3 Å². The zero-order chi connectivity index (χ0) is 24.4. The second-order valence-electron chi connectivity index (χ2n) is 9.47. The molecule has 0 radical (unpaired) electrons. The van der Waals surface area contributed by atoms with Crippen LogP contribution >= 0.6 is 11.6 Å². The molecule has 1 unspecified atom stereocenters. The summed E-state index contributed by atoms with van der Waals surface area (Å²) in [5.74, 6) is 1.67. The summed E-state index contributed by atoms with van der Waals surface area (Å²) in [4.78, 5) is 7.08. The monoisotopic (exact) mass is 520 g/mol. The molecule has 35 heavy (non-hydrogen) atoms. The Kier molecular flexibility index (Phi) is 7.45. The highest BCUT2D eigenvalue weighted by atomic mass is 35.5. The highest BCUT2D eigenvalue weighted by Crippen LogP contribution is 2.25. The van der Waals surface area contributed by atoms with E-state index in [2.05, 4.69) is 24.9 Å². The van der Waals surface area contributed by atoms with Gasteiger partial charge in [-0.3, -0.25) is 4.90 Å². The van der Waals surface area contributed by atoms with E-state index in [0.29, 0.717) is 37.3 Å². The molecule has 0 spiro atoms. The normalized spacial score (nSPS) is 22.6. The molecule has 2 aromatic rings. The smallest absolute Gasteiger partial charge is 0.243 e. The zero-order valence-corrected chi connectivity index (χ0v) is 21.7. The second-order valence-corrected chi connectivity index (χ2v) is 11.8. The summed E-state index contributed by atoms with van der Waals surface area (Å²) in [6.07, 6.45) is 2.75. The number of anilines is 2. The van der Waals surface area contributed by atoms with Crippen LogP contribution in [0.25, 0.3) is 0 Å². The highest BCUT2D eigenvalue weighted by molar-refractivity contribution is 7.89. The molecule has 1 aromatic heterocycles. The minimum absolute atomic E-state index is 0.238. The van der Waals surface area contributed by atoms with E-state index in [1.807, 2.05) is 19.1 Å². The maximum absolute atomic E-state index is 13.0. The first-order valence-electron chi connectivity index (χ1n) is 12.3. The van der Waals surface area contributed by atoms with Crippen molar-refractivity contribution in [2.24, 2.45) is 0 Å². The van der Waals surface area contributed by atoms with Crippen LogP contribution in [0, 0.1) is 6.92 Å². The average Bonchev–Trinajstić information content (AvgIpc) is 3.39. The number of piperazine rings is 2. The molecule has 3 fully saturated rings. The fraction of sp³-hybridized carbons (Fsp3) is 0.583. The van der Waals surface area contributed by atoms with Gasteiger partial charge in [-0.2, -0.15) is 4.31 Å². The maximum atomic E-state index is 13.0. The first-order valence-corrected chi connectivity index (χ1v) is 14.2. The fourth-order valence-electron chi connectivity index (χ4n) is 4.93. The Morgan fingerprint density at radius 2 is 1.57 bits per heavy atom. The molecule has 3 saturated heterocycles. The molecule has 9 nitrogen and oxygen atoms in total. The van der Waals surface area contributed by atoms with E-state index in [-0.39, 0.29) is 4.90 Å². The van der Waals surface area contributed by atoms with E-state index in [9.17, 15) is 8.42 Å². The number of nitrogens with zero attached hydrogens (tertiary/aromatic N) is 6. The molecule has 190 valence electrons. The van der Waals surface area contributed by atoms with Gasteiger partial charge in [0.05, 0.1) is 11.0 Å². The van der Waals surface area contributed by atoms with Crippen LogP contribution in [-0.2, 0) is 14.8 Å². The molecule has 11 heteroatoms. The van der Waals surface area contributed by atoms with Gasteiger partial charge in [0, 0.05) is 70.5 Å². The summed E-state index contributed by atoms with van der Waals surface area (Å²) in [7, 11) is -3.57. The van der Waals surface area contributed by atoms with Crippen LogP contribution < -0.4 is 9.80 Å². The summed E-state index contributed by atoms with van der Waals surface area (Å²) in [5.41, 5.74) is 0.859. The number of halogens is 1. The lowest BCUT2D eigenvalue weighted by molar-refractivity contribution is 0.0712. The van der Waals surface area contributed by atoms with Crippen molar-refractivity contribution in [1.29, 1.82) is 0 Å². The molecule has 0 amide bonds. The number of aromatic nitrogens is 2. The Bertz CT molecular complexity index is 1110. The van der Waals surface area contributed by atoms with Gasteiger partial charge >= 0.3 is 0 Å². The predicted octanol–water partition coefficient (Wildman–Crippen LogP) is 2.25. The lowest BCUT2D eigenvalue weighted by Crippen LogP contribution is -2.49. The van der Waals surface area contributed by atoms with Gasteiger partial charge < -0.3 is 14.5 Å². The molecule has 0 bridgehead atoms. The van der Waals surface area contributed by atoms with Gasteiger partial charge in [-0.15, -0.1) is 10.2 Å². The molecule has 1 aromatic carbocycles. The van der Waals surface area contributed by atoms with Crippen LogP contribution in [0.15, 0.2) is 35.2 Å². The standard InChI is InChI=1S/C24H33ClN6O3S/c1-19-4-5-21(17-22(19)25)35(32,33)31-14-12-30(13-15-31)24-7-6-23(26-27-24)29-10-8-28(9-11-29)18-20-3-2-16-34-20/h4-7,17,20H,2-3,8-16,18H2,1H3. The van der Waals surface area contributed by atoms with Gasteiger partial charge in [-0.05, 0) is 49.6 Å². The van der Waals surface area contributed by atoms with Crippen molar-refractivity contribution in [3.05, 3.63) is 40.9 Å². The van der Waals surface area contributed by atoms with Crippen LogP contribution in [0.4, 0.5) is 11.6 Å². The maximum Gasteiger partial charge on any atom is 0.243 e. The van der Waals surface area contributed by atoms with Gasteiger partial charge in [0.15, 0.2) is 11.6 Å². The SMILES string of the molecule is Cc1ccc(S(=O)(=O)N2CCN(c3ccc(N4CCN(CC5CCCO5)CC4)nn3)CC2)cc1Cl. The molecule has 4 heterocycles. The van der Waals surface area contributed by atoms with E-state index < -0.39 is 10.0 Å². The molecular formula is C24H33ClN6O3S. The van der Waals surface area contributed by atoms with Crippen molar-refractivity contribution < 1.29 is 13.2 Å². The van der Waals surface area contributed by atoms with Gasteiger partial charge in [-0.25, -0.2) is 8.42 Å². The number of hydrogen-bond donors (Lipinski definition) is 0. The Morgan fingerprint density at radius 1 is 0.943 bits per heavy atom. The first kappa shape index (κ1) is 24.7. The Balaban J connectivity index is 1.13. The lowest BCUT2D eigenvalue weighted by atomic mass is 10.2. The molecule has 0 aliphatic carbocycles. The quantitative estimate of drug-likeness (QED) is 0.573. The number of sulfonamides is 1. The minimum atomic E-state index is -3.57. The van der Waals surface area contributed by atoms with E-state index in [0.717, 1.165) is 56.5 Å². The van der Waals surface area contributed by atoms with Gasteiger partial charge in [0.25, 0.3) is 0 Å².